The highest BCUT2D eigenvalue weighted by Crippen LogP contribution is 2.22. The molecule has 0 saturated carbocycles. The molecule has 0 radical (unpaired) electrons. The van der Waals surface area contributed by atoms with Crippen molar-refractivity contribution in [2.45, 2.75) is 26.3 Å². The molecule has 0 saturated heterocycles. The molecule has 2 aromatic rings. The summed E-state index contributed by atoms with van der Waals surface area (Å²) >= 11 is 0. The molecule has 0 aliphatic rings. The predicted octanol–water partition coefficient (Wildman–Crippen LogP) is 2.92. The van der Waals surface area contributed by atoms with Gasteiger partial charge in [0.1, 0.15) is 5.78 Å². The van der Waals surface area contributed by atoms with Crippen molar-refractivity contribution in [2.24, 2.45) is 0 Å². The average Bonchev–Trinajstić information content (AvgIpc) is 2.71. The molecule has 1 aromatic heterocycles. The second-order valence-corrected chi connectivity index (χ2v) is 4.31. The Balaban J connectivity index is 2.20. The molecule has 0 fully saturated rings. The summed E-state index contributed by atoms with van der Waals surface area (Å²) in [6.07, 6.45) is 3.25. The second-order valence-electron chi connectivity index (χ2n) is 4.31. The van der Waals surface area contributed by atoms with E-state index in [-0.39, 0.29) is 11.5 Å². The van der Waals surface area contributed by atoms with Crippen LogP contribution in [0.2, 0.25) is 0 Å². The van der Waals surface area contributed by atoms with Crippen molar-refractivity contribution in [1.82, 2.24) is 4.57 Å². The fraction of sp³-hybridized carbons (Fsp3) is 0.308. The van der Waals surface area contributed by atoms with E-state index in [1.165, 1.54) is 6.07 Å². The van der Waals surface area contributed by atoms with Crippen LogP contribution in [-0.2, 0) is 11.3 Å². The fourth-order valence-electron chi connectivity index (χ4n) is 1.99. The molecule has 0 aliphatic carbocycles. The van der Waals surface area contributed by atoms with Gasteiger partial charge < -0.3 is 9.36 Å². The number of nitrogens with zero attached hydrogens (tertiary/aromatic N) is 2. The van der Waals surface area contributed by atoms with Crippen LogP contribution >= 0.6 is 0 Å². The number of ketones is 1. The van der Waals surface area contributed by atoms with Crippen molar-refractivity contribution in [3.05, 3.63) is 40.6 Å². The van der Waals surface area contributed by atoms with Gasteiger partial charge in [-0.15, -0.1) is 0 Å². The molecule has 5 heteroatoms. The summed E-state index contributed by atoms with van der Waals surface area (Å²) in [5.74, 6) is 0.182. The Morgan fingerprint density at radius 1 is 1.39 bits per heavy atom. The van der Waals surface area contributed by atoms with Crippen LogP contribution in [0.4, 0.5) is 5.69 Å². The van der Waals surface area contributed by atoms with Crippen molar-refractivity contribution in [1.29, 1.82) is 0 Å². The Bertz CT molecular complexity index is 601. The molecule has 0 atom stereocenters. The van der Waals surface area contributed by atoms with Crippen LogP contribution in [0, 0.1) is 10.1 Å². The molecule has 0 spiro atoms. The smallest absolute Gasteiger partial charge is 0.270 e. The number of carbonyl (C=O) groups excluding carboxylic acids is 1. The lowest BCUT2D eigenvalue weighted by Gasteiger charge is -2.04. The first-order valence-electron chi connectivity index (χ1n) is 5.80. The number of fused-ring (bicyclic) bond motifs is 1. The van der Waals surface area contributed by atoms with E-state index < -0.39 is 4.92 Å². The number of rotatable bonds is 5. The Labute approximate surface area is 104 Å². The van der Waals surface area contributed by atoms with Gasteiger partial charge in [-0.3, -0.25) is 10.1 Å². The number of benzene rings is 1. The predicted molar refractivity (Wildman–Crippen MR) is 68.5 cm³/mol. The highest BCUT2D eigenvalue weighted by Gasteiger charge is 2.08. The minimum Gasteiger partial charge on any atom is -0.347 e. The van der Waals surface area contributed by atoms with Gasteiger partial charge in [0.15, 0.2) is 0 Å². The van der Waals surface area contributed by atoms with E-state index in [0.717, 1.165) is 23.9 Å². The number of Topliss-reactive ketones (excluding diaryl/α,β-unsaturated/α-hetero) is 1. The highest BCUT2D eigenvalue weighted by molar-refractivity contribution is 5.82. The maximum absolute atomic E-state index is 10.9. The average molecular weight is 246 g/mol. The van der Waals surface area contributed by atoms with Crippen molar-refractivity contribution < 1.29 is 9.72 Å². The molecule has 18 heavy (non-hydrogen) atoms. The zero-order valence-electron chi connectivity index (χ0n) is 10.1. The van der Waals surface area contributed by atoms with Crippen LogP contribution in [0.1, 0.15) is 19.8 Å². The molecule has 0 N–H and O–H groups in total. The van der Waals surface area contributed by atoms with Crippen LogP contribution in [0.15, 0.2) is 30.5 Å². The number of carbonyl (C=O) groups is 1. The van der Waals surface area contributed by atoms with Gasteiger partial charge in [0.2, 0.25) is 0 Å². The molecular formula is C13H14N2O3. The van der Waals surface area contributed by atoms with Gasteiger partial charge in [-0.1, -0.05) is 0 Å². The van der Waals surface area contributed by atoms with Gasteiger partial charge >= 0.3 is 0 Å². The third kappa shape index (κ3) is 2.56. The molecule has 0 bridgehead atoms. The Morgan fingerprint density at radius 3 is 2.83 bits per heavy atom. The standard InChI is InChI=1S/C13H14N2O3/c1-10(16)3-2-7-14-8-6-11-9-12(15(17)18)4-5-13(11)14/h4-6,8-9H,2-3,7H2,1H3. The number of hydrogen-bond donors (Lipinski definition) is 0. The van der Waals surface area contributed by atoms with E-state index >= 15 is 0 Å². The van der Waals surface area contributed by atoms with Crippen molar-refractivity contribution in [3.8, 4) is 0 Å². The van der Waals surface area contributed by atoms with Crippen molar-refractivity contribution >= 4 is 22.4 Å². The lowest BCUT2D eigenvalue weighted by molar-refractivity contribution is -0.384. The number of non-ortho nitro benzene ring substituents is 1. The quantitative estimate of drug-likeness (QED) is 0.601. The summed E-state index contributed by atoms with van der Waals surface area (Å²) < 4.78 is 2.02. The molecule has 0 aliphatic heterocycles. The Hall–Kier alpha value is -2.17. The van der Waals surface area contributed by atoms with Crippen LogP contribution < -0.4 is 0 Å². The number of nitro groups is 1. The SMILES string of the molecule is CC(=O)CCCn1ccc2cc([N+](=O)[O-])ccc21. The second kappa shape index (κ2) is 5.00. The number of hydrogen-bond acceptors (Lipinski definition) is 3. The highest BCUT2D eigenvalue weighted by atomic mass is 16.6. The largest absolute Gasteiger partial charge is 0.347 e. The summed E-state index contributed by atoms with van der Waals surface area (Å²) in [4.78, 5) is 21.1. The minimum atomic E-state index is -0.396. The molecule has 2 rings (SSSR count). The molecule has 1 heterocycles. The summed E-state index contributed by atoms with van der Waals surface area (Å²) in [5.41, 5.74) is 1.06. The van der Waals surface area contributed by atoms with E-state index in [0.29, 0.717) is 6.42 Å². The van der Waals surface area contributed by atoms with Gasteiger partial charge in [0.25, 0.3) is 5.69 Å². The topological polar surface area (TPSA) is 65.1 Å². The minimum absolute atomic E-state index is 0.101. The molecule has 0 amide bonds. The van der Waals surface area contributed by atoms with Crippen LogP contribution in [-0.4, -0.2) is 15.3 Å². The first-order chi connectivity index (χ1) is 8.58. The van der Waals surface area contributed by atoms with Gasteiger partial charge in [-0.05, 0) is 25.5 Å². The van der Waals surface area contributed by atoms with Gasteiger partial charge in [-0.2, -0.15) is 0 Å². The van der Waals surface area contributed by atoms with Crippen LogP contribution in [0.25, 0.3) is 10.9 Å². The summed E-state index contributed by atoms with van der Waals surface area (Å²) in [6.45, 7) is 2.33. The van der Waals surface area contributed by atoms with Gasteiger partial charge in [0, 0.05) is 42.2 Å². The van der Waals surface area contributed by atoms with Gasteiger partial charge in [-0.25, -0.2) is 0 Å². The van der Waals surface area contributed by atoms with Gasteiger partial charge in [0.05, 0.1) is 4.92 Å². The zero-order chi connectivity index (χ0) is 13.1. The molecule has 5 nitrogen and oxygen atoms in total. The number of aryl methyl sites for hydroxylation is 1. The van der Waals surface area contributed by atoms with Crippen molar-refractivity contribution in [2.75, 3.05) is 0 Å². The summed E-state index contributed by atoms with van der Waals surface area (Å²) in [6, 6.07) is 6.68. The van der Waals surface area contributed by atoms with E-state index in [1.807, 2.05) is 16.8 Å². The maximum atomic E-state index is 10.9. The summed E-state index contributed by atoms with van der Waals surface area (Å²) in [7, 11) is 0. The van der Waals surface area contributed by atoms with E-state index in [4.69, 9.17) is 0 Å². The lowest BCUT2D eigenvalue weighted by Crippen LogP contribution is -1.99. The van der Waals surface area contributed by atoms with Crippen LogP contribution in [0.5, 0.6) is 0 Å². The maximum Gasteiger partial charge on any atom is 0.270 e. The Morgan fingerprint density at radius 2 is 2.17 bits per heavy atom. The first kappa shape index (κ1) is 12.3. The normalized spacial score (nSPS) is 10.7. The fourth-order valence-corrected chi connectivity index (χ4v) is 1.99. The van der Waals surface area contributed by atoms with E-state index in [9.17, 15) is 14.9 Å². The number of aromatic nitrogens is 1. The van der Waals surface area contributed by atoms with E-state index in [2.05, 4.69) is 0 Å². The third-order valence-electron chi connectivity index (χ3n) is 2.89. The third-order valence-corrected chi connectivity index (χ3v) is 2.89. The summed E-state index contributed by atoms with van der Waals surface area (Å²) in [5, 5.41) is 11.5. The number of nitro benzene ring substituents is 1. The van der Waals surface area contributed by atoms with Crippen LogP contribution in [0.3, 0.4) is 0 Å². The molecular weight excluding hydrogens is 232 g/mol. The molecule has 94 valence electrons. The first-order valence-corrected chi connectivity index (χ1v) is 5.80. The molecule has 0 unspecified atom stereocenters. The lowest BCUT2D eigenvalue weighted by atomic mass is 10.2. The molecule has 1 aromatic carbocycles. The van der Waals surface area contributed by atoms with Crippen molar-refractivity contribution in [3.63, 3.8) is 0 Å². The monoisotopic (exact) mass is 246 g/mol. The zero-order valence-corrected chi connectivity index (χ0v) is 10.1. The Kier molecular flexibility index (Phi) is 3.41. The van der Waals surface area contributed by atoms with E-state index in [1.54, 1.807) is 19.1 Å².